The molecule has 0 bridgehead atoms. The maximum absolute atomic E-state index is 6.31. The number of hydrogen-bond donors (Lipinski definition) is 1. The average molecular weight is 278 g/mol. The van der Waals surface area contributed by atoms with Crippen LogP contribution in [0, 0.1) is 0 Å². The van der Waals surface area contributed by atoms with Crippen molar-refractivity contribution < 1.29 is 4.74 Å². The van der Waals surface area contributed by atoms with Crippen LogP contribution in [0.25, 0.3) is 10.8 Å². The quantitative estimate of drug-likeness (QED) is 0.774. The van der Waals surface area contributed by atoms with Gasteiger partial charge in [-0.3, -0.25) is 4.98 Å². The van der Waals surface area contributed by atoms with Crippen molar-refractivity contribution in [2.24, 2.45) is 5.73 Å². The third-order valence-electron chi connectivity index (χ3n) is 3.54. The first-order valence-corrected chi connectivity index (χ1v) is 7.10. The molecule has 1 atom stereocenters. The Balaban J connectivity index is 1.68. The molecule has 0 aliphatic carbocycles. The molecule has 1 heterocycles. The maximum Gasteiger partial charge on any atom is 0.119 e. The molecule has 1 aromatic heterocycles. The van der Waals surface area contributed by atoms with Crippen LogP contribution in [0.4, 0.5) is 0 Å². The minimum absolute atomic E-state index is 0.0766. The number of nitrogens with two attached hydrogens (primary N) is 1. The van der Waals surface area contributed by atoms with Gasteiger partial charge < -0.3 is 10.5 Å². The molecule has 0 amide bonds. The second-order valence-electron chi connectivity index (χ2n) is 5.01. The second kappa shape index (κ2) is 6.37. The van der Waals surface area contributed by atoms with Crippen molar-refractivity contribution in [3.05, 3.63) is 72.6 Å². The van der Waals surface area contributed by atoms with E-state index >= 15 is 0 Å². The third-order valence-corrected chi connectivity index (χ3v) is 3.54. The highest BCUT2D eigenvalue weighted by molar-refractivity contribution is 5.85. The molecule has 3 nitrogen and oxygen atoms in total. The van der Waals surface area contributed by atoms with E-state index in [0.717, 1.165) is 23.1 Å². The van der Waals surface area contributed by atoms with Crippen molar-refractivity contribution in [3.63, 3.8) is 0 Å². The first-order chi connectivity index (χ1) is 10.3. The van der Waals surface area contributed by atoms with Crippen LogP contribution in [0.2, 0.25) is 0 Å². The molecular formula is C18H18N2O. The molecule has 3 heteroatoms. The summed E-state index contributed by atoms with van der Waals surface area (Å²) in [5.41, 5.74) is 7.38. The van der Waals surface area contributed by atoms with Crippen LogP contribution in [0.1, 0.15) is 18.0 Å². The lowest BCUT2D eigenvalue weighted by Gasteiger charge is -2.14. The molecule has 0 saturated heterocycles. The van der Waals surface area contributed by atoms with Gasteiger partial charge in [0.25, 0.3) is 0 Å². The molecule has 3 rings (SSSR count). The van der Waals surface area contributed by atoms with Gasteiger partial charge in [0.1, 0.15) is 5.75 Å². The highest BCUT2D eigenvalue weighted by atomic mass is 16.5. The number of aromatic nitrogens is 1. The van der Waals surface area contributed by atoms with Crippen molar-refractivity contribution in [3.8, 4) is 5.75 Å². The van der Waals surface area contributed by atoms with Crippen LogP contribution in [0.5, 0.6) is 5.75 Å². The van der Waals surface area contributed by atoms with Gasteiger partial charge in [-0.1, -0.05) is 42.5 Å². The van der Waals surface area contributed by atoms with Gasteiger partial charge in [0.2, 0.25) is 0 Å². The Kier molecular flexibility index (Phi) is 4.12. The van der Waals surface area contributed by atoms with E-state index in [1.165, 1.54) is 5.39 Å². The van der Waals surface area contributed by atoms with Crippen LogP contribution >= 0.6 is 0 Å². The topological polar surface area (TPSA) is 48.1 Å². The van der Waals surface area contributed by atoms with Gasteiger partial charge in [-0.25, -0.2) is 0 Å². The summed E-state index contributed by atoms with van der Waals surface area (Å²) in [6, 6.07) is 17.9. The summed E-state index contributed by atoms with van der Waals surface area (Å²) in [5, 5.41) is 2.29. The van der Waals surface area contributed by atoms with Gasteiger partial charge in [0.15, 0.2) is 0 Å². The molecular weight excluding hydrogens is 260 g/mol. The van der Waals surface area contributed by atoms with Gasteiger partial charge in [-0.15, -0.1) is 0 Å². The molecule has 0 saturated carbocycles. The van der Waals surface area contributed by atoms with Gasteiger partial charge >= 0.3 is 0 Å². The minimum atomic E-state index is -0.0766. The molecule has 0 aliphatic heterocycles. The molecule has 3 aromatic rings. The van der Waals surface area contributed by atoms with Crippen LogP contribution < -0.4 is 10.5 Å². The van der Waals surface area contributed by atoms with E-state index in [1.54, 1.807) is 0 Å². The molecule has 0 aliphatic rings. The number of nitrogens with zero attached hydrogens (tertiary/aromatic N) is 1. The summed E-state index contributed by atoms with van der Waals surface area (Å²) in [6.45, 7) is 0.592. The predicted octanol–water partition coefficient (Wildman–Crippen LogP) is 3.70. The SMILES string of the molecule is NC(CCOc1ccccc1)c1cncc2ccccc12. The molecule has 2 N–H and O–H groups in total. The van der Waals surface area contributed by atoms with Gasteiger partial charge in [0, 0.05) is 30.2 Å². The highest BCUT2D eigenvalue weighted by Crippen LogP contribution is 2.23. The van der Waals surface area contributed by atoms with E-state index in [9.17, 15) is 0 Å². The van der Waals surface area contributed by atoms with E-state index in [4.69, 9.17) is 10.5 Å². The Morgan fingerprint density at radius 1 is 0.952 bits per heavy atom. The van der Waals surface area contributed by atoms with Crippen LogP contribution in [0.3, 0.4) is 0 Å². The fourth-order valence-corrected chi connectivity index (χ4v) is 2.41. The number of rotatable bonds is 5. The standard InChI is InChI=1S/C18H18N2O/c19-18(10-11-21-15-7-2-1-3-8-15)17-13-20-12-14-6-4-5-9-16(14)17/h1-9,12-13,18H,10-11,19H2. The van der Waals surface area contributed by atoms with E-state index < -0.39 is 0 Å². The van der Waals surface area contributed by atoms with Gasteiger partial charge in [-0.05, 0) is 23.1 Å². The lowest BCUT2D eigenvalue weighted by atomic mass is 10.0. The summed E-state index contributed by atoms with van der Waals surface area (Å²) in [7, 11) is 0. The Bertz CT molecular complexity index is 707. The summed E-state index contributed by atoms with van der Waals surface area (Å²) in [5.74, 6) is 0.876. The Morgan fingerprint density at radius 3 is 2.57 bits per heavy atom. The van der Waals surface area contributed by atoms with E-state index in [2.05, 4.69) is 17.1 Å². The van der Waals surface area contributed by atoms with Crippen molar-refractivity contribution in [2.45, 2.75) is 12.5 Å². The largest absolute Gasteiger partial charge is 0.494 e. The molecule has 21 heavy (non-hydrogen) atoms. The molecule has 2 aromatic carbocycles. The first kappa shape index (κ1) is 13.6. The number of benzene rings is 2. The van der Waals surface area contributed by atoms with Crippen molar-refractivity contribution in [1.82, 2.24) is 4.98 Å². The first-order valence-electron chi connectivity index (χ1n) is 7.10. The molecule has 1 unspecified atom stereocenters. The zero-order valence-electron chi connectivity index (χ0n) is 11.8. The average Bonchev–Trinajstić information content (AvgIpc) is 2.55. The number of fused-ring (bicyclic) bond motifs is 1. The van der Waals surface area contributed by atoms with E-state index in [1.807, 2.05) is 54.9 Å². The number of para-hydroxylation sites is 1. The molecule has 106 valence electrons. The van der Waals surface area contributed by atoms with E-state index in [0.29, 0.717) is 6.61 Å². The number of hydrogen-bond acceptors (Lipinski definition) is 3. The van der Waals surface area contributed by atoms with E-state index in [-0.39, 0.29) is 6.04 Å². The normalized spacial score (nSPS) is 12.2. The van der Waals surface area contributed by atoms with Crippen LogP contribution in [0.15, 0.2) is 67.0 Å². The molecule has 0 spiro atoms. The fraction of sp³-hybridized carbons (Fsp3) is 0.167. The Morgan fingerprint density at radius 2 is 1.71 bits per heavy atom. The van der Waals surface area contributed by atoms with Crippen molar-refractivity contribution in [2.75, 3.05) is 6.61 Å². The number of ether oxygens (including phenoxy) is 1. The monoisotopic (exact) mass is 278 g/mol. The molecule has 0 radical (unpaired) electrons. The number of pyridine rings is 1. The van der Waals surface area contributed by atoms with Gasteiger partial charge in [-0.2, -0.15) is 0 Å². The summed E-state index contributed by atoms with van der Waals surface area (Å²) in [6.07, 6.45) is 4.48. The predicted molar refractivity (Wildman–Crippen MR) is 85.2 cm³/mol. The summed E-state index contributed by atoms with van der Waals surface area (Å²) < 4.78 is 5.71. The van der Waals surface area contributed by atoms with Gasteiger partial charge in [0.05, 0.1) is 6.61 Å². The third kappa shape index (κ3) is 3.20. The smallest absolute Gasteiger partial charge is 0.119 e. The fourth-order valence-electron chi connectivity index (χ4n) is 2.41. The van der Waals surface area contributed by atoms with Crippen LogP contribution in [-0.2, 0) is 0 Å². The Hall–Kier alpha value is -2.39. The lowest BCUT2D eigenvalue weighted by molar-refractivity contribution is 0.299. The highest BCUT2D eigenvalue weighted by Gasteiger charge is 2.10. The molecule has 0 fully saturated rings. The van der Waals surface area contributed by atoms with Crippen molar-refractivity contribution in [1.29, 1.82) is 0 Å². The Labute approximate surface area is 124 Å². The second-order valence-corrected chi connectivity index (χ2v) is 5.01. The minimum Gasteiger partial charge on any atom is -0.494 e. The summed E-state index contributed by atoms with van der Waals surface area (Å²) in [4.78, 5) is 4.28. The van der Waals surface area contributed by atoms with Crippen LogP contribution in [-0.4, -0.2) is 11.6 Å². The summed E-state index contributed by atoms with van der Waals surface area (Å²) >= 11 is 0. The maximum atomic E-state index is 6.31. The van der Waals surface area contributed by atoms with Crippen molar-refractivity contribution >= 4 is 10.8 Å². The zero-order valence-corrected chi connectivity index (χ0v) is 11.8. The zero-order chi connectivity index (χ0) is 14.5. The lowest BCUT2D eigenvalue weighted by Crippen LogP contribution is -2.15.